The lowest BCUT2D eigenvalue weighted by Gasteiger charge is -2.16. The number of hydrogen-bond acceptors (Lipinski definition) is 5. The summed E-state index contributed by atoms with van der Waals surface area (Å²) in [5.41, 5.74) is 0.772. The van der Waals surface area contributed by atoms with Crippen LogP contribution in [0.4, 0.5) is 4.39 Å². The second-order valence-corrected chi connectivity index (χ2v) is 5.69. The van der Waals surface area contributed by atoms with Gasteiger partial charge in [0.15, 0.2) is 5.69 Å². The summed E-state index contributed by atoms with van der Waals surface area (Å²) < 4.78 is 14.1. The molecule has 8 nitrogen and oxygen atoms in total. The third-order valence-electron chi connectivity index (χ3n) is 3.77. The van der Waals surface area contributed by atoms with Crippen molar-refractivity contribution in [2.24, 2.45) is 0 Å². The van der Waals surface area contributed by atoms with E-state index in [0.717, 1.165) is 10.7 Å². The molecule has 1 aromatic carbocycles. The number of carbonyl (C=O) groups excluding carboxylic acids is 1. The van der Waals surface area contributed by atoms with Crippen LogP contribution in [-0.2, 0) is 4.79 Å². The number of halogens is 1. The minimum Gasteiger partial charge on any atom is -0.493 e. The molecule has 0 fully saturated rings. The van der Waals surface area contributed by atoms with Crippen LogP contribution in [0.25, 0.3) is 5.69 Å². The summed E-state index contributed by atoms with van der Waals surface area (Å²) in [4.78, 5) is 27.5. The zero-order chi connectivity index (χ0) is 19.4. The smallest absolute Gasteiger partial charge is 0.305 e. The standard InChI is InChI=1S/C18H15FN4O4/c19-12-3-5-13(6-4-12)23-16(24)8-15(22-23)18(27)21-14(9-17(25)26)11-2-1-7-20-10-11/h1-8,10,14,24H,9H2,(H,21,27)(H,25,26)/t14-/m0/s1. The molecule has 0 aliphatic heterocycles. The van der Waals surface area contributed by atoms with Gasteiger partial charge in [-0.25, -0.2) is 9.07 Å². The molecule has 3 aromatic rings. The van der Waals surface area contributed by atoms with Crippen LogP contribution in [0.5, 0.6) is 5.88 Å². The summed E-state index contributed by atoms with van der Waals surface area (Å²) >= 11 is 0. The van der Waals surface area contributed by atoms with Crippen LogP contribution in [0, 0.1) is 5.82 Å². The molecule has 0 saturated heterocycles. The van der Waals surface area contributed by atoms with Gasteiger partial charge in [-0.1, -0.05) is 6.07 Å². The Bertz CT molecular complexity index is 957. The van der Waals surface area contributed by atoms with Crippen molar-refractivity contribution in [1.82, 2.24) is 20.1 Å². The summed E-state index contributed by atoms with van der Waals surface area (Å²) in [6, 6.07) is 8.78. The highest BCUT2D eigenvalue weighted by molar-refractivity contribution is 5.93. The molecule has 0 aliphatic rings. The molecule has 0 unspecified atom stereocenters. The first-order valence-corrected chi connectivity index (χ1v) is 7.91. The maximum Gasteiger partial charge on any atom is 0.305 e. The largest absolute Gasteiger partial charge is 0.493 e. The van der Waals surface area contributed by atoms with Gasteiger partial charge in [-0.05, 0) is 35.9 Å². The van der Waals surface area contributed by atoms with Crippen LogP contribution in [0.3, 0.4) is 0 Å². The van der Waals surface area contributed by atoms with Crippen LogP contribution in [0.2, 0.25) is 0 Å². The van der Waals surface area contributed by atoms with E-state index in [9.17, 15) is 19.1 Å². The molecule has 2 aromatic heterocycles. The van der Waals surface area contributed by atoms with E-state index in [4.69, 9.17) is 5.11 Å². The molecular weight excluding hydrogens is 355 g/mol. The highest BCUT2D eigenvalue weighted by Crippen LogP contribution is 2.20. The number of aromatic hydroxyl groups is 1. The number of pyridine rings is 1. The van der Waals surface area contributed by atoms with Crippen molar-refractivity contribution >= 4 is 11.9 Å². The Morgan fingerprint density at radius 1 is 1.22 bits per heavy atom. The summed E-state index contributed by atoms with van der Waals surface area (Å²) in [7, 11) is 0. The van der Waals surface area contributed by atoms with Crippen LogP contribution in [0.15, 0.2) is 54.9 Å². The number of benzene rings is 1. The van der Waals surface area contributed by atoms with Crippen molar-refractivity contribution in [3.8, 4) is 11.6 Å². The molecule has 1 amide bonds. The number of hydrogen-bond donors (Lipinski definition) is 3. The molecule has 0 radical (unpaired) electrons. The van der Waals surface area contributed by atoms with E-state index in [0.29, 0.717) is 11.3 Å². The minimum atomic E-state index is -1.09. The summed E-state index contributed by atoms with van der Waals surface area (Å²) in [5, 5.41) is 25.7. The Kier molecular flexibility index (Phi) is 5.11. The third-order valence-corrected chi connectivity index (χ3v) is 3.77. The molecular formula is C18H15FN4O4. The van der Waals surface area contributed by atoms with Gasteiger partial charge >= 0.3 is 5.97 Å². The van der Waals surface area contributed by atoms with E-state index >= 15 is 0 Å². The maximum atomic E-state index is 13.0. The number of amides is 1. The van der Waals surface area contributed by atoms with Gasteiger partial charge in [0.2, 0.25) is 5.88 Å². The minimum absolute atomic E-state index is 0.115. The lowest BCUT2D eigenvalue weighted by atomic mass is 10.1. The Balaban J connectivity index is 1.83. The first kappa shape index (κ1) is 18.1. The van der Waals surface area contributed by atoms with E-state index in [1.54, 1.807) is 12.1 Å². The topological polar surface area (TPSA) is 117 Å². The predicted octanol–water partition coefficient (Wildman–Crippen LogP) is 2.06. The number of nitrogens with one attached hydrogen (secondary N) is 1. The van der Waals surface area contributed by atoms with E-state index in [1.807, 2.05) is 0 Å². The quantitative estimate of drug-likeness (QED) is 0.611. The summed E-state index contributed by atoms with van der Waals surface area (Å²) in [6.07, 6.45) is 2.65. The number of carboxylic acids is 1. The molecule has 1 atom stereocenters. The van der Waals surface area contributed by atoms with Gasteiger partial charge in [-0.15, -0.1) is 0 Å². The van der Waals surface area contributed by atoms with E-state index in [-0.39, 0.29) is 18.0 Å². The van der Waals surface area contributed by atoms with Crippen LogP contribution >= 0.6 is 0 Å². The van der Waals surface area contributed by atoms with Gasteiger partial charge in [0.25, 0.3) is 5.91 Å². The number of rotatable bonds is 6. The van der Waals surface area contributed by atoms with Crippen molar-refractivity contribution in [3.05, 3.63) is 71.9 Å². The van der Waals surface area contributed by atoms with Gasteiger partial charge in [-0.3, -0.25) is 14.6 Å². The van der Waals surface area contributed by atoms with Gasteiger partial charge in [0, 0.05) is 18.5 Å². The average molecular weight is 370 g/mol. The van der Waals surface area contributed by atoms with Crippen LogP contribution in [-0.4, -0.2) is 36.9 Å². The fourth-order valence-electron chi connectivity index (χ4n) is 2.50. The molecule has 2 heterocycles. The monoisotopic (exact) mass is 370 g/mol. The molecule has 0 spiro atoms. The van der Waals surface area contributed by atoms with E-state index < -0.39 is 23.7 Å². The Morgan fingerprint density at radius 2 is 1.96 bits per heavy atom. The van der Waals surface area contributed by atoms with E-state index in [1.165, 1.54) is 36.7 Å². The van der Waals surface area contributed by atoms with Crippen molar-refractivity contribution in [2.45, 2.75) is 12.5 Å². The van der Waals surface area contributed by atoms with Gasteiger partial charge in [-0.2, -0.15) is 5.10 Å². The number of aromatic nitrogens is 3. The first-order chi connectivity index (χ1) is 12.9. The van der Waals surface area contributed by atoms with Crippen molar-refractivity contribution in [3.63, 3.8) is 0 Å². The predicted molar refractivity (Wildman–Crippen MR) is 91.9 cm³/mol. The SMILES string of the molecule is O=C(O)C[C@H](NC(=O)c1cc(O)n(-c2ccc(F)cc2)n1)c1cccnc1. The lowest BCUT2D eigenvalue weighted by molar-refractivity contribution is -0.137. The molecule has 0 bridgehead atoms. The molecule has 3 rings (SSSR count). The molecule has 27 heavy (non-hydrogen) atoms. The Hall–Kier alpha value is -3.75. The Labute approximate surface area is 152 Å². The number of carbonyl (C=O) groups is 2. The fourth-order valence-corrected chi connectivity index (χ4v) is 2.50. The Morgan fingerprint density at radius 3 is 2.59 bits per heavy atom. The van der Waals surface area contributed by atoms with E-state index in [2.05, 4.69) is 15.4 Å². The van der Waals surface area contributed by atoms with Crippen molar-refractivity contribution < 1.29 is 24.2 Å². The van der Waals surface area contributed by atoms with Crippen molar-refractivity contribution in [2.75, 3.05) is 0 Å². The van der Waals surface area contributed by atoms with Crippen LogP contribution in [0.1, 0.15) is 28.5 Å². The van der Waals surface area contributed by atoms with Gasteiger partial charge in [0.1, 0.15) is 5.82 Å². The highest BCUT2D eigenvalue weighted by Gasteiger charge is 2.22. The second-order valence-electron chi connectivity index (χ2n) is 5.69. The number of nitrogens with zero attached hydrogens (tertiary/aromatic N) is 3. The number of carboxylic acid groups (broad SMARTS) is 1. The second kappa shape index (κ2) is 7.65. The van der Waals surface area contributed by atoms with Crippen molar-refractivity contribution in [1.29, 1.82) is 0 Å². The fraction of sp³-hybridized carbons (Fsp3) is 0.111. The van der Waals surface area contributed by atoms with Gasteiger partial charge < -0.3 is 15.5 Å². The van der Waals surface area contributed by atoms with Gasteiger partial charge in [0.05, 0.1) is 18.2 Å². The molecule has 138 valence electrons. The normalized spacial score (nSPS) is 11.7. The molecule has 9 heteroatoms. The first-order valence-electron chi connectivity index (χ1n) is 7.91. The third kappa shape index (κ3) is 4.27. The maximum absolute atomic E-state index is 13.0. The highest BCUT2D eigenvalue weighted by atomic mass is 19.1. The lowest BCUT2D eigenvalue weighted by Crippen LogP contribution is -2.30. The summed E-state index contributed by atoms with van der Waals surface area (Å²) in [6.45, 7) is 0. The number of aliphatic carboxylic acids is 1. The summed E-state index contributed by atoms with van der Waals surface area (Å²) in [5.74, 6) is -2.52. The molecule has 0 saturated carbocycles. The molecule has 3 N–H and O–H groups in total. The zero-order valence-electron chi connectivity index (χ0n) is 13.9. The molecule has 0 aliphatic carbocycles. The average Bonchev–Trinajstić information content (AvgIpc) is 3.04. The zero-order valence-corrected chi connectivity index (χ0v) is 13.9. The van der Waals surface area contributed by atoms with Crippen LogP contribution < -0.4 is 5.32 Å².